The Morgan fingerprint density at radius 3 is 2.43 bits per heavy atom. The number of hydrogen-bond acceptors (Lipinski definition) is 6. The lowest BCUT2D eigenvalue weighted by Gasteiger charge is -2.14. The zero-order valence-corrected chi connectivity index (χ0v) is 30.4. The van der Waals surface area contributed by atoms with E-state index in [1.54, 1.807) is 35.8 Å². The topological polar surface area (TPSA) is 102 Å². The number of rotatable bonds is 13. The zero-order valence-electron chi connectivity index (χ0n) is 29.7. The summed E-state index contributed by atoms with van der Waals surface area (Å²) < 4.78 is 7.21. The van der Waals surface area contributed by atoms with Gasteiger partial charge in [0.05, 0.1) is 30.5 Å². The third kappa shape index (κ3) is 6.27. The number of carbonyl (C=O) groups excluding carboxylic acids is 2. The molecule has 1 unspecified atom stereocenters. The summed E-state index contributed by atoms with van der Waals surface area (Å²) in [4.78, 5) is 45.3. The molecule has 0 bridgehead atoms. The van der Waals surface area contributed by atoms with Crippen molar-refractivity contribution in [2.45, 2.75) is 44.9 Å². The van der Waals surface area contributed by atoms with E-state index < -0.39 is 5.92 Å². The molecule has 1 atom stereocenters. The molecule has 7 aromatic rings. The smallest absolute Gasteiger partial charge is 0.264 e. The Labute approximate surface area is 311 Å². The van der Waals surface area contributed by atoms with Gasteiger partial charge in [0.15, 0.2) is 5.78 Å². The monoisotopic (exact) mass is 722 g/mol. The van der Waals surface area contributed by atoms with Crippen molar-refractivity contribution in [3.63, 3.8) is 0 Å². The van der Waals surface area contributed by atoms with Gasteiger partial charge in [-0.2, -0.15) is 0 Å². The van der Waals surface area contributed by atoms with Crippen molar-refractivity contribution < 1.29 is 14.3 Å². The number of amides is 1. The van der Waals surface area contributed by atoms with Crippen molar-refractivity contribution in [2.75, 3.05) is 25.5 Å². The molecule has 0 saturated heterocycles. The molecule has 1 aliphatic carbocycles. The fourth-order valence-electron chi connectivity index (χ4n) is 7.88. The van der Waals surface area contributed by atoms with E-state index >= 15 is 0 Å². The standard InChI is InChI=1S/C44H39ClN4O4/c1-26-34(35-24-29(53-2)18-19-30(35)40(26)42(51)27-14-16-28(45)17-15-27)25-39(50)47-23-8-4-3-7-22-46-36-21-20-32-41-31(36)10-9-11-33(41)44(52)49-38-13-6-5-12-37(38)48-43(32)49/h5-6,9-21,24,40,46H,3-4,7-8,22-23,25H2,1-2H3,(H,47,50). The summed E-state index contributed by atoms with van der Waals surface area (Å²) in [6.45, 7) is 3.33. The molecule has 53 heavy (non-hydrogen) atoms. The van der Waals surface area contributed by atoms with Crippen molar-refractivity contribution in [1.82, 2.24) is 14.7 Å². The van der Waals surface area contributed by atoms with Gasteiger partial charge in [-0.05, 0) is 103 Å². The summed E-state index contributed by atoms with van der Waals surface area (Å²) in [5, 5.41) is 10.9. The Hall–Kier alpha value is -5.73. The van der Waals surface area contributed by atoms with Crippen LogP contribution in [0, 0.1) is 0 Å². The number of methoxy groups -OCH3 is 1. The number of anilines is 1. The molecule has 0 fully saturated rings. The average molecular weight is 723 g/mol. The summed E-state index contributed by atoms with van der Waals surface area (Å²) in [5.41, 5.74) is 7.39. The molecule has 2 N–H and O–H groups in total. The predicted octanol–water partition coefficient (Wildman–Crippen LogP) is 9.19. The van der Waals surface area contributed by atoms with Gasteiger partial charge in [0.25, 0.3) is 5.56 Å². The van der Waals surface area contributed by atoms with Crippen LogP contribution in [0.15, 0.2) is 107 Å². The molecular formula is C44H39ClN4O4. The minimum absolute atomic E-state index is 0.0172. The molecule has 1 aliphatic rings. The minimum Gasteiger partial charge on any atom is -0.497 e. The Balaban J connectivity index is 0.857. The number of fused-ring (bicyclic) bond motifs is 5. The molecule has 5 aromatic carbocycles. The summed E-state index contributed by atoms with van der Waals surface area (Å²) in [6.07, 6.45) is 4.03. The second kappa shape index (κ2) is 14.4. The van der Waals surface area contributed by atoms with Gasteiger partial charge in [-0.1, -0.05) is 60.3 Å². The number of unbranched alkanes of at least 4 members (excludes halogenated alkanes) is 3. The van der Waals surface area contributed by atoms with Crippen LogP contribution in [0.5, 0.6) is 5.75 Å². The number of carbonyl (C=O) groups is 2. The molecule has 8 rings (SSSR count). The molecule has 9 heteroatoms. The van der Waals surface area contributed by atoms with Gasteiger partial charge < -0.3 is 15.4 Å². The number of benzene rings is 5. The van der Waals surface area contributed by atoms with E-state index in [0.29, 0.717) is 33.9 Å². The molecule has 266 valence electrons. The van der Waals surface area contributed by atoms with Crippen molar-refractivity contribution >= 4 is 72.8 Å². The third-order valence-electron chi connectivity index (χ3n) is 10.6. The molecular weight excluding hydrogens is 684 g/mol. The maximum Gasteiger partial charge on any atom is 0.264 e. The lowest BCUT2D eigenvalue weighted by Crippen LogP contribution is -2.24. The van der Waals surface area contributed by atoms with Crippen LogP contribution in [0.3, 0.4) is 0 Å². The van der Waals surface area contributed by atoms with E-state index in [1.807, 2.05) is 61.5 Å². The van der Waals surface area contributed by atoms with Gasteiger partial charge in [-0.25, -0.2) is 4.98 Å². The maximum atomic E-state index is 13.7. The SMILES string of the molecule is COc1ccc2c(c1)C(CC(=O)NCCCCCCNc1ccc3c4c1cccc4c(=O)n1c4ccccc4nc31)=C(C)C2C(=O)c1ccc(Cl)cc1. The summed E-state index contributed by atoms with van der Waals surface area (Å²) in [6, 6.07) is 30.5. The first-order valence-electron chi connectivity index (χ1n) is 18.1. The number of imidazole rings is 1. The molecule has 0 saturated carbocycles. The van der Waals surface area contributed by atoms with Crippen molar-refractivity contribution in [3.8, 4) is 5.75 Å². The van der Waals surface area contributed by atoms with Crippen LogP contribution in [-0.4, -0.2) is 41.3 Å². The highest BCUT2D eigenvalue weighted by Gasteiger charge is 2.35. The Morgan fingerprint density at radius 1 is 0.849 bits per heavy atom. The van der Waals surface area contributed by atoms with Gasteiger partial charge in [0.1, 0.15) is 11.4 Å². The number of nitrogens with one attached hydrogen (secondary N) is 2. The van der Waals surface area contributed by atoms with Crippen LogP contribution in [0.25, 0.3) is 43.8 Å². The van der Waals surface area contributed by atoms with Crippen LogP contribution in [0.1, 0.15) is 66.4 Å². The molecule has 2 aromatic heterocycles. The number of hydrogen-bond donors (Lipinski definition) is 2. The van der Waals surface area contributed by atoms with Gasteiger partial charge in [-0.3, -0.25) is 18.8 Å². The highest BCUT2D eigenvalue weighted by molar-refractivity contribution is 6.30. The summed E-state index contributed by atoms with van der Waals surface area (Å²) in [7, 11) is 1.61. The molecule has 8 nitrogen and oxygen atoms in total. The van der Waals surface area contributed by atoms with E-state index in [0.717, 1.165) is 87.4 Å². The molecule has 0 aliphatic heterocycles. The second-order valence-electron chi connectivity index (χ2n) is 13.7. The zero-order chi connectivity index (χ0) is 36.6. The molecule has 0 spiro atoms. The highest BCUT2D eigenvalue weighted by Crippen LogP contribution is 2.46. The number of nitrogens with zero attached hydrogens (tertiary/aromatic N) is 2. The lowest BCUT2D eigenvalue weighted by atomic mass is 9.88. The van der Waals surface area contributed by atoms with Gasteiger partial charge in [-0.15, -0.1) is 0 Å². The fraction of sp³-hybridized carbons (Fsp3) is 0.227. The number of pyridine rings is 1. The number of halogens is 1. The number of aromatic nitrogens is 2. The van der Waals surface area contributed by atoms with Crippen molar-refractivity contribution in [2.24, 2.45) is 0 Å². The van der Waals surface area contributed by atoms with E-state index in [9.17, 15) is 14.4 Å². The quantitative estimate of drug-likeness (QED) is 0.0909. The van der Waals surface area contributed by atoms with E-state index in [4.69, 9.17) is 21.3 Å². The summed E-state index contributed by atoms with van der Waals surface area (Å²) >= 11 is 6.07. The number of para-hydroxylation sites is 2. The normalized spacial score (nSPS) is 14.1. The van der Waals surface area contributed by atoms with Gasteiger partial charge in [0, 0.05) is 50.9 Å². The van der Waals surface area contributed by atoms with E-state index in [2.05, 4.69) is 28.8 Å². The van der Waals surface area contributed by atoms with Crippen LogP contribution in [0.2, 0.25) is 5.02 Å². The first kappa shape index (κ1) is 34.4. The average Bonchev–Trinajstić information content (AvgIpc) is 3.70. The van der Waals surface area contributed by atoms with Crippen LogP contribution >= 0.6 is 11.6 Å². The number of ketones is 1. The first-order valence-corrected chi connectivity index (χ1v) is 18.5. The molecule has 1 amide bonds. The Bertz CT molecular complexity index is 2630. The van der Waals surface area contributed by atoms with Gasteiger partial charge >= 0.3 is 0 Å². The van der Waals surface area contributed by atoms with Crippen LogP contribution in [0.4, 0.5) is 5.69 Å². The van der Waals surface area contributed by atoms with E-state index in [1.165, 1.54) is 0 Å². The molecule has 2 heterocycles. The summed E-state index contributed by atoms with van der Waals surface area (Å²) in [5.74, 6) is 0.141. The Kier molecular flexibility index (Phi) is 9.31. The van der Waals surface area contributed by atoms with Crippen molar-refractivity contribution in [3.05, 3.63) is 135 Å². The van der Waals surface area contributed by atoms with Crippen molar-refractivity contribution in [1.29, 1.82) is 0 Å². The predicted molar refractivity (Wildman–Crippen MR) is 214 cm³/mol. The number of allylic oxidation sites excluding steroid dienone is 1. The van der Waals surface area contributed by atoms with Crippen LogP contribution < -0.4 is 20.9 Å². The van der Waals surface area contributed by atoms with E-state index in [-0.39, 0.29) is 23.7 Å². The first-order chi connectivity index (χ1) is 25.8. The fourth-order valence-corrected chi connectivity index (χ4v) is 8.01. The number of Topliss-reactive ketones (excluding diaryl/α,β-unsaturated/α-hetero) is 1. The second-order valence-corrected chi connectivity index (χ2v) is 14.2. The largest absolute Gasteiger partial charge is 0.497 e. The minimum atomic E-state index is -0.462. The maximum absolute atomic E-state index is 13.7. The van der Waals surface area contributed by atoms with Crippen LogP contribution in [-0.2, 0) is 4.79 Å². The Morgan fingerprint density at radius 2 is 1.62 bits per heavy atom. The lowest BCUT2D eigenvalue weighted by molar-refractivity contribution is -0.120. The third-order valence-corrected chi connectivity index (χ3v) is 10.8. The molecule has 0 radical (unpaired) electrons. The number of ether oxygens (including phenoxy) is 1. The van der Waals surface area contributed by atoms with Gasteiger partial charge in [0.2, 0.25) is 5.91 Å². The highest BCUT2D eigenvalue weighted by atomic mass is 35.5.